The molecule has 3 nitrogen and oxygen atoms in total. The molecule has 1 aliphatic carbocycles. The van der Waals surface area contributed by atoms with Gasteiger partial charge in [0.15, 0.2) is 0 Å². The molecule has 1 saturated carbocycles. The van der Waals surface area contributed by atoms with Crippen LogP contribution < -0.4 is 10.1 Å². The molecule has 1 aromatic heterocycles. The third kappa shape index (κ3) is 3.81. The molecule has 1 atom stereocenters. The first-order valence-electron chi connectivity index (χ1n) is 6.18. The number of hydrogen-bond acceptors (Lipinski definition) is 3. The fraction of sp³-hybridized carbons (Fsp3) is 0.615. The van der Waals surface area contributed by atoms with Gasteiger partial charge in [0.05, 0.1) is 6.20 Å². The quantitative estimate of drug-likeness (QED) is 0.766. The van der Waals surface area contributed by atoms with Crippen LogP contribution in [-0.2, 0) is 0 Å². The highest BCUT2D eigenvalue weighted by Gasteiger charge is 2.22. The van der Waals surface area contributed by atoms with Gasteiger partial charge in [-0.2, -0.15) is 0 Å². The second kappa shape index (κ2) is 5.85. The number of rotatable bonds is 7. The molecule has 1 heterocycles. The topological polar surface area (TPSA) is 34.1 Å². The first-order valence-corrected chi connectivity index (χ1v) is 6.18. The van der Waals surface area contributed by atoms with Gasteiger partial charge in [-0.3, -0.25) is 4.98 Å². The monoisotopic (exact) mass is 220 g/mol. The summed E-state index contributed by atoms with van der Waals surface area (Å²) in [5.74, 6) is 0.874. The summed E-state index contributed by atoms with van der Waals surface area (Å²) in [7, 11) is 0. The highest BCUT2D eigenvalue weighted by atomic mass is 16.5. The van der Waals surface area contributed by atoms with Crippen LogP contribution in [0.25, 0.3) is 0 Å². The Morgan fingerprint density at radius 1 is 1.56 bits per heavy atom. The van der Waals surface area contributed by atoms with E-state index in [-0.39, 0.29) is 6.10 Å². The van der Waals surface area contributed by atoms with E-state index in [2.05, 4.69) is 17.2 Å². The van der Waals surface area contributed by atoms with E-state index in [9.17, 15) is 0 Å². The predicted octanol–water partition coefficient (Wildman–Crippen LogP) is 2.38. The Balaban J connectivity index is 1.80. The van der Waals surface area contributed by atoms with Crippen molar-refractivity contribution in [1.29, 1.82) is 0 Å². The smallest absolute Gasteiger partial charge is 0.138 e. The lowest BCUT2D eigenvalue weighted by molar-refractivity contribution is 0.185. The highest BCUT2D eigenvalue weighted by Crippen LogP contribution is 2.19. The number of pyridine rings is 1. The number of ether oxygens (including phenoxy) is 1. The van der Waals surface area contributed by atoms with Crippen LogP contribution in [0.1, 0.15) is 32.6 Å². The molecule has 0 aromatic carbocycles. The van der Waals surface area contributed by atoms with Crippen molar-refractivity contribution >= 4 is 0 Å². The molecule has 16 heavy (non-hydrogen) atoms. The van der Waals surface area contributed by atoms with E-state index in [1.165, 1.54) is 12.8 Å². The Hall–Kier alpha value is -1.09. The van der Waals surface area contributed by atoms with Crippen LogP contribution in [-0.4, -0.2) is 23.7 Å². The maximum atomic E-state index is 5.91. The molecule has 1 aliphatic rings. The summed E-state index contributed by atoms with van der Waals surface area (Å²) in [5, 5.41) is 3.52. The Morgan fingerprint density at radius 2 is 2.44 bits per heavy atom. The van der Waals surface area contributed by atoms with Gasteiger partial charge in [-0.25, -0.2) is 0 Å². The summed E-state index contributed by atoms with van der Waals surface area (Å²) in [4.78, 5) is 4.06. The zero-order valence-electron chi connectivity index (χ0n) is 9.86. The maximum Gasteiger partial charge on any atom is 0.138 e. The van der Waals surface area contributed by atoms with E-state index in [0.29, 0.717) is 0 Å². The van der Waals surface area contributed by atoms with E-state index in [1.807, 2.05) is 12.1 Å². The Bertz CT molecular complexity index is 298. The molecule has 0 aliphatic heterocycles. The lowest BCUT2D eigenvalue weighted by atomic mass is 10.2. The summed E-state index contributed by atoms with van der Waals surface area (Å²) >= 11 is 0. The minimum absolute atomic E-state index is 0.273. The zero-order chi connectivity index (χ0) is 11.2. The molecule has 0 bridgehead atoms. The molecule has 3 heteroatoms. The SMILES string of the molecule is CCCC(CNC1CC1)Oc1cccnc1. The van der Waals surface area contributed by atoms with Gasteiger partial charge in [0.25, 0.3) is 0 Å². The van der Waals surface area contributed by atoms with Gasteiger partial charge >= 0.3 is 0 Å². The van der Waals surface area contributed by atoms with Crippen LogP contribution in [0.3, 0.4) is 0 Å². The molecule has 0 amide bonds. The number of nitrogens with one attached hydrogen (secondary N) is 1. The maximum absolute atomic E-state index is 5.91. The van der Waals surface area contributed by atoms with E-state index < -0.39 is 0 Å². The number of aromatic nitrogens is 1. The van der Waals surface area contributed by atoms with Crippen molar-refractivity contribution in [3.05, 3.63) is 24.5 Å². The van der Waals surface area contributed by atoms with E-state index >= 15 is 0 Å². The Morgan fingerprint density at radius 3 is 3.06 bits per heavy atom. The molecule has 0 radical (unpaired) electrons. The van der Waals surface area contributed by atoms with Gasteiger partial charge < -0.3 is 10.1 Å². The zero-order valence-corrected chi connectivity index (χ0v) is 9.86. The van der Waals surface area contributed by atoms with Crippen molar-refractivity contribution in [2.45, 2.75) is 44.8 Å². The molecule has 1 aromatic rings. The number of hydrogen-bond donors (Lipinski definition) is 1. The van der Waals surface area contributed by atoms with Crippen molar-refractivity contribution in [1.82, 2.24) is 10.3 Å². The third-order valence-corrected chi connectivity index (χ3v) is 2.76. The van der Waals surface area contributed by atoms with E-state index in [4.69, 9.17) is 4.74 Å². The van der Waals surface area contributed by atoms with Crippen molar-refractivity contribution in [3.8, 4) is 5.75 Å². The summed E-state index contributed by atoms with van der Waals surface area (Å²) in [6.45, 7) is 3.14. The van der Waals surface area contributed by atoms with Gasteiger partial charge in [0, 0.05) is 18.8 Å². The van der Waals surface area contributed by atoms with Gasteiger partial charge in [-0.1, -0.05) is 13.3 Å². The molecular weight excluding hydrogens is 200 g/mol. The minimum Gasteiger partial charge on any atom is -0.487 e. The molecule has 1 N–H and O–H groups in total. The van der Waals surface area contributed by atoms with Crippen LogP contribution >= 0.6 is 0 Å². The average Bonchev–Trinajstić information content (AvgIpc) is 3.11. The van der Waals surface area contributed by atoms with E-state index in [0.717, 1.165) is 31.2 Å². The minimum atomic E-state index is 0.273. The second-order valence-electron chi connectivity index (χ2n) is 4.40. The summed E-state index contributed by atoms with van der Waals surface area (Å²) in [6.07, 6.45) is 8.71. The van der Waals surface area contributed by atoms with Gasteiger partial charge in [-0.05, 0) is 31.4 Å². The molecule has 0 saturated heterocycles. The normalized spacial score (nSPS) is 17.1. The Labute approximate surface area is 97.2 Å². The second-order valence-corrected chi connectivity index (χ2v) is 4.40. The fourth-order valence-corrected chi connectivity index (χ4v) is 1.72. The van der Waals surface area contributed by atoms with Gasteiger partial charge in [0.2, 0.25) is 0 Å². The summed E-state index contributed by atoms with van der Waals surface area (Å²) < 4.78 is 5.91. The van der Waals surface area contributed by atoms with Crippen LogP contribution in [0, 0.1) is 0 Å². The van der Waals surface area contributed by atoms with Crippen LogP contribution in [0.2, 0.25) is 0 Å². The highest BCUT2D eigenvalue weighted by molar-refractivity contribution is 5.15. The van der Waals surface area contributed by atoms with E-state index in [1.54, 1.807) is 12.4 Å². The molecule has 88 valence electrons. The molecule has 1 unspecified atom stereocenters. The largest absolute Gasteiger partial charge is 0.487 e. The lowest BCUT2D eigenvalue weighted by Gasteiger charge is -2.18. The van der Waals surface area contributed by atoms with Gasteiger partial charge in [0.1, 0.15) is 11.9 Å². The predicted molar refractivity (Wildman–Crippen MR) is 64.6 cm³/mol. The molecule has 0 spiro atoms. The average molecular weight is 220 g/mol. The third-order valence-electron chi connectivity index (χ3n) is 2.76. The van der Waals surface area contributed by atoms with Crippen LogP contribution in [0.15, 0.2) is 24.5 Å². The van der Waals surface area contributed by atoms with Crippen LogP contribution in [0.5, 0.6) is 5.75 Å². The van der Waals surface area contributed by atoms with Crippen molar-refractivity contribution in [3.63, 3.8) is 0 Å². The van der Waals surface area contributed by atoms with Crippen molar-refractivity contribution < 1.29 is 4.74 Å². The lowest BCUT2D eigenvalue weighted by Crippen LogP contribution is -2.32. The first-order chi connectivity index (χ1) is 7.88. The molecule has 1 fully saturated rings. The van der Waals surface area contributed by atoms with Gasteiger partial charge in [-0.15, -0.1) is 0 Å². The summed E-state index contributed by atoms with van der Waals surface area (Å²) in [5.41, 5.74) is 0. The van der Waals surface area contributed by atoms with Crippen LogP contribution in [0.4, 0.5) is 0 Å². The van der Waals surface area contributed by atoms with Crippen molar-refractivity contribution in [2.24, 2.45) is 0 Å². The first kappa shape index (κ1) is 11.4. The molecular formula is C13H20N2O. The van der Waals surface area contributed by atoms with Crippen molar-refractivity contribution in [2.75, 3.05) is 6.54 Å². The Kier molecular flexibility index (Phi) is 4.17. The summed E-state index contributed by atoms with van der Waals surface area (Å²) in [6, 6.07) is 4.62. The molecule has 2 rings (SSSR count). The fourth-order valence-electron chi connectivity index (χ4n) is 1.72. The standard InChI is InChI=1S/C13H20N2O/c1-2-4-12(10-15-11-6-7-11)16-13-5-3-8-14-9-13/h3,5,8-9,11-12,15H,2,4,6-7,10H2,1H3. The number of nitrogens with zero attached hydrogens (tertiary/aromatic N) is 1.